The summed E-state index contributed by atoms with van der Waals surface area (Å²) in [5.41, 5.74) is 2.35. The fourth-order valence-corrected chi connectivity index (χ4v) is 5.77. The van der Waals surface area contributed by atoms with Crippen molar-refractivity contribution in [2.45, 2.75) is 19.4 Å². The van der Waals surface area contributed by atoms with Gasteiger partial charge >= 0.3 is 5.97 Å². The quantitative estimate of drug-likeness (QED) is 0.0627. The minimum absolute atomic E-state index is 0.0265. The number of phenolic OH excluding ortho intramolecular Hbond substituents is 2. The van der Waals surface area contributed by atoms with Gasteiger partial charge in [-0.15, -0.1) is 0 Å². The third kappa shape index (κ3) is 10.8. The zero-order chi connectivity index (χ0) is 44.3. The summed E-state index contributed by atoms with van der Waals surface area (Å²) in [5, 5.41) is 52.9. The van der Waals surface area contributed by atoms with E-state index in [1.165, 1.54) is 86.1 Å². The first-order valence-corrected chi connectivity index (χ1v) is 18.4. The molecule has 0 saturated heterocycles. The highest BCUT2D eigenvalue weighted by atomic mass is 16.5. The number of carbonyl (C=O) groups is 6. The molecule has 0 aliphatic heterocycles. The Morgan fingerprint density at radius 2 is 1.37 bits per heavy atom. The van der Waals surface area contributed by atoms with Crippen LogP contribution >= 0.6 is 0 Å². The Morgan fingerprint density at radius 1 is 0.726 bits per heavy atom. The van der Waals surface area contributed by atoms with Gasteiger partial charge in [0.25, 0.3) is 23.6 Å². The molecule has 0 radical (unpaired) electrons. The molecular formula is C43H37N9O10. The van der Waals surface area contributed by atoms with Crippen molar-refractivity contribution in [3.05, 3.63) is 149 Å². The third-order valence-corrected chi connectivity index (χ3v) is 9.03. The molecule has 0 unspecified atom stereocenters. The molecule has 0 fully saturated rings. The molecule has 314 valence electrons. The van der Waals surface area contributed by atoms with Crippen LogP contribution in [0.4, 0.5) is 22.9 Å². The number of carboxylic acid groups (broad SMARTS) is 1. The molecule has 2 aromatic heterocycles. The lowest BCUT2D eigenvalue weighted by Crippen LogP contribution is -2.45. The van der Waals surface area contributed by atoms with E-state index in [2.05, 4.69) is 47.0 Å². The molecule has 4 aromatic carbocycles. The number of aromatic amines is 1. The van der Waals surface area contributed by atoms with E-state index in [4.69, 9.17) is 9.84 Å². The summed E-state index contributed by atoms with van der Waals surface area (Å²) >= 11 is 0. The number of phenols is 2. The van der Waals surface area contributed by atoms with E-state index in [1.807, 2.05) is 0 Å². The van der Waals surface area contributed by atoms with Crippen molar-refractivity contribution in [3.8, 4) is 17.2 Å². The van der Waals surface area contributed by atoms with Crippen molar-refractivity contribution in [1.29, 1.82) is 0 Å². The highest BCUT2D eigenvalue weighted by Gasteiger charge is 2.25. The van der Waals surface area contributed by atoms with Gasteiger partial charge < -0.3 is 46.6 Å². The van der Waals surface area contributed by atoms with E-state index in [1.54, 1.807) is 37.3 Å². The molecular weight excluding hydrogens is 803 g/mol. The standard InChI is InChI=1S/C43H37N9O10/c1-23(19-24-3-14-31(53)15-4-24)38(55)46-28-10-5-26(6-11-28)40(57)49-34(20-30-22-45-52-51-30)42(59)47-29-12-7-25(8-13-29)39(56)48-33-17-16-32(36(54)37(33)62-2)41(58)50-35-18-9-27(21-44-35)43(60)61/h3-19,21-22,34,53-54H,20H2,1-2H3,(H,46,55)(H,47,59)(H,48,56)(H,49,57)(H,60,61)(H,44,50,58)(H,45,51,52)/b23-19+/t34-/m0/s1. The molecule has 0 bridgehead atoms. The van der Waals surface area contributed by atoms with Crippen molar-refractivity contribution in [3.63, 3.8) is 0 Å². The first-order chi connectivity index (χ1) is 29.8. The van der Waals surface area contributed by atoms with Gasteiger partial charge in [-0.2, -0.15) is 15.4 Å². The highest BCUT2D eigenvalue weighted by Crippen LogP contribution is 2.38. The van der Waals surface area contributed by atoms with Gasteiger partial charge in [-0.3, -0.25) is 24.0 Å². The van der Waals surface area contributed by atoms with Gasteiger partial charge in [0, 0.05) is 40.7 Å². The van der Waals surface area contributed by atoms with Gasteiger partial charge in [-0.1, -0.05) is 12.1 Å². The van der Waals surface area contributed by atoms with Crippen molar-refractivity contribution in [1.82, 2.24) is 25.7 Å². The number of anilines is 4. The van der Waals surface area contributed by atoms with E-state index < -0.39 is 41.4 Å². The van der Waals surface area contributed by atoms with Crippen LogP contribution in [0.1, 0.15) is 59.6 Å². The number of hydrogen-bond donors (Lipinski definition) is 9. The molecule has 19 heteroatoms. The Morgan fingerprint density at radius 3 is 1.97 bits per heavy atom. The highest BCUT2D eigenvalue weighted by molar-refractivity contribution is 6.10. The second-order valence-electron chi connectivity index (χ2n) is 13.4. The Labute approximate surface area is 351 Å². The van der Waals surface area contributed by atoms with Crippen LogP contribution in [0.3, 0.4) is 0 Å². The van der Waals surface area contributed by atoms with Gasteiger partial charge in [-0.05, 0) is 103 Å². The van der Waals surface area contributed by atoms with Crippen molar-refractivity contribution < 1.29 is 48.8 Å². The van der Waals surface area contributed by atoms with Gasteiger partial charge in [0.05, 0.1) is 35.8 Å². The number of nitrogens with one attached hydrogen (secondary N) is 6. The first-order valence-electron chi connectivity index (χ1n) is 18.4. The predicted octanol–water partition coefficient (Wildman–Crippen LogP) is 4.84. The SMILES string of the molecule is COc1c(NC(=O)c2ccc(NC(=O)[C@H](Cc3cn[nH]n3)NC(=O)c3ccc(NC(=O)/C(C)=C/c4ccc(O)cc4)cc3)cc2)ccc(C(=O)Nc2ccc(C(=O)O)cn2)c1O. The summed E-state index contributed by atoms with van der Waals surface area (Å²) < 4.78 is 5.28. The Kier molecular flexibility index (Phi) is 13.3. The van der Waals surface area contributed by atoms with E-state index in [-0.39, 0.29) is 57.6 Å². The van der Waals surface area contributed by atoms with Gasteiger partial charge in [0.15, 0.2) is 11.5 Å². The lowest BCUT2D eigenvalue weighted by Gasteiger charge is -2.18. The summed E-state index contributed by atoms with van der Waals surface area (Å²) in [6, 6.07) is 22.2. The van der Waals surface area contributed by atoms with Crippen LogP contribution in [0.5, 0.6) is 17.2 Å². The fraction of sp³-hybridized carbons (Fsp3) is 0.0930. The number of pyridine rings is 1. The molecule has 0 aliphatic carbocycles. The molecule has 62 heavy (non-hydrogen) atoms. The minimum atomic E-state index is -1.19. The normalized spacial score (nSPS) is 11.4. The smallest absolute Gasteiger partial charge is 0.337 e. The average Bonchev–Trinajstić information content (AvgIpc) is 3.78. The number of methoxy groups -OCH3 is 1. The number of aromatic hydroxyl groups is 2. The molecule has 5 amide bonds. The van der Waals surface area contributed by atoms with Crippen LogP contribution in [0.2, 0.25) is 0 Å². The number of nitrogens with zero attached hydrogens (tertiary/aromatic N) is 3. The summed E-state index contributed by atoms with van der Waals surface area (Å²) in [6.07, 6.45) is 4.11. The number of H-pyrrole nitrogens is 1. The van der Waals surface area contributed by atoms with Crippen LogP contribution in [-0.4, -0.2) is 84.4 Å². The van der Waals surface area contributed by atoms with E-state index in [0.29, 0.717) is 22.6 Å². The van der Waals surface area contributed by atoms with Crippen molar-refractivity contribution in [2.75, 3.05) is 28.4 Å². The molecule has 9 N–H and O–H groups in total. The van der Waals surface area contributed by atoms with Crippen LogP contribution in [0.25, 0.3) is 6.08 Å². The number of carbonyl (C=O) groups excluding carboxylic acids is 5. The fourth-order valence-electron chi connectivity index (χ4n) is 5.77. The maximum Gasteiger partial charge on any atom is 0.337 e. The molecule has 19 nitrogen and oxygen atoms in total. The largest absolute Gasteiger partial charge is 0.508 e. The zero-order valence-electron chi connectivity index (χ0n) is 32.8. The molecule has 1 atom stereocenters. The number of benzene rings is 4. The lowest BCUT2D eigenvalue weighted by molar-refractivity contribution is -0.118. The predicted molar refractivity (Wildman–Crippen MR) is 225 cm³/mol. The monoisotopic (exact) mass is 839 g/mol. The van der Waals surface area contributed by atoms with E-state index >= 15 is 0 Å². The minimum Gasteiger partial charge on any atom is -0.508 e. The summed E-state index contributed by atoms with van der Waals surface area (Å²) in [6.45, 7) is 1.64. The van der Waals surface area contributed by atoms with Gasteiger partial charge in [0.1, 0.15) is 17.6 Å². The van der Waals surface area contributed by atoms with Crippen molar-refractivity contribution >= 4 is 64.5 Å². The van der Waals surface area contributed by atoms with Crippen LogP contribution in [0.15, 0.2) is 115 Å². The Balaban J connectivity index is 1.07. The molecule has 0 spiro atoms. The maximum absolute atomic E-state index is 13.6. The molecule has 0 saturated carbocycles. The van der Waals surface area contributed by atoms with E-state index in [0.717, 1.165) is 11.8 Å². The lowest BCUT2D eigenvalue weighted by atomic mass is 10.1. The second kappa shape index (κ2) is 19.3. The summed E-state index contributed by atoms with van der Waals surface area (Å²) in [7, 11) is 1.23. The van der Waals surface area contributed by atoms with Gasteiger partial charge in [0.2, 0.25) is 5.91 Å². The second-order valence-corrected chi connectivity index (χ2v) is 13.4. The topological polar surface area (TPSA) is 287 Å². The zero-order valence-corrected chi connectivity index (χ0v) is 32.8. The Hall–Kier alpha value is -8.87. The van der Waals surface area contributed by atoms with Crippen LogP contribution in [-0.2, 0) is 16.0 Å². The number of amides is 5. The number of ether oxygens (including phenoxy) is 1. The van der Waals surface area contributed by atoms with Crippen LogP contribution in [0, 0.1) is 0 Å². The maximum atomic E-state index is 13.6. The number of hydrogen-bond acceptors (Lipinski definition) is 12. The molecule has 2 heterocycles. The molecule has 6 rings (SSSR count). The summed E-state index contributed by atoms with van der Waals surface area (Å²) in [4.78, 5) is 80.7. The average molecular weight is 840 g/mol. The third-order valence-electron chi connectivity index (χ3n) is 9.03. The van der Waals surface area contributed by atoms with Crippen LogP contribution < -0.4 is 31.3 Å². The summed E-state index contributed by atoms with van der Waals surface area (Å²) in [5.74, 6) is -4.79. The number of aromatic carboxylic acids is 1. The molecule has 6 aromatic rings. The van der Waals surface area contributed by atoms with E-state index in [9.17, 15) is 39.0 Å². The molecule has 0 aliphatic rings. The number of rotatable bonds is 15. The van der Waals surface area contributed by atoms with Gasteiger partial charge in [-0.25, -0.2) is 9.78 Å². The number of carboxylic acids is 1. The first kappa shape index (κ1) is 42.7. The number of aromatic nitrogens is 4. The van der Waals surface area contributed by atoms with Crippen molar-refractivity contribution in [2.24, 2.45) is 0 Å². The Bertz CT molecular complexity index is 2650.